The Morgan fingerprint density at radius 1 is 1.00 bits per heavy atom. The molecule has 1 fully saturated rings. The summed E-state index contributed by atoms with van der Waals surface area (Å²) in [6.07, 6.45) is 11.4. The van der Waals surface area contributed by atoms with Crippen LogP contribution in [0, 0.1) is 5.92 Å². The fourth-order valence-corrected chi connectivity index (χ4v) is 3.83. The minimum Gasteiger partial charge on any atom is -0.332 e. The van der Waals surface area contributed by atoms with Crippen LogP contribution in [0.15, 0.2) is 24.3 Å². The highest BCUT2D eigenvalue weighted by atomic mass is 32.1. The standard InChI is InChI=1S/C22H33N3O2S/c1-2-3-5-13-20(26)23-18-11-8-12-19(16-18)24-22(28)25-21(27)15-14-17-9-6-4-7-10-17/h8,11-12,16-17H,2-7,9-10,13-15H2,1H3,(H,23,26)(H2,24,25,27,28). The number of carbonyl (C=O) groups is 2. The highest BCUT2D eigenvalue weighted by molar-refractivity contribution is 7.80. The molecule has 0 unspecified atom stereocenters. The average molecular weight is 404 g/mol. The van der Waals surface area contributed by atoms with Gasteiger partial charge in [-0.2, -0.15) is 0 Å². The second kappa shape index (κ2) is 12.5. The molecule has 1 aromatic rings. The van der Waals surface area contributed by atoms with Gasteiger partial charge < -0.3 is 16.0 Å². The molecule has 2 rings (SSSR count). The number of rotatable bonds is 9. The normalized spacial score (nSPS) is 14.3. The van der Waals surface area contributed by atoms with E-state index in [4.69, 9.17) is 12.2 Å². The van der Waals surface area contributed by atoms with E-state index in [2.05, 4.69) is 22.9 Å². The van der Waals surface area contributed by atoms with Crippen LogP contribution in [-0.4, -0.2) is 16.9 Å². The molecule has 3 N–H and O–H groups in total. The molecule has 1 saturated carbocycles. The van der Waals surface area contributed by atoms with Gasteiger partial charge in [0, 0.05) is 24.2 Å². The van der Waals surface area contributed by atoms with Crippen LogP contribution < -0.4 is 16.0 Å². The largest absolute Gasteiger partial charge is 0.332 e. The van der Waals surface area contributed by atoms with Crippen LogP contribution in [0.1, 0.15) is 77.6 Å². The molecule has 0 aromatic heterocycles. The zero-order valence-corrected chi connectivity index (χ0v) is 17.7. The second-order valence-electron chi connectivity index (χ2n) is 7.63. The third-order valence-electron chi connectivity index (χ3n) is 5.17. The van der Waals surface area contributed by atoms with Gasteiger partial charge in [0.15, 0.2) is 5.11 Å². The molecule has 1 aromatic carbocycles. The van der Waals surface area contributed by atoms with Crippen molar-refractivity contribution in [2.75, 3.05) is 10.6 Å². The van der Waals surface area contributed by atoms with Gasteiger partial charge in [0.25, 0.3) is 0 Å². The van der Waals surface area contributed by atoms with Crippen molar-refractivity contribution < 1.29 is 9.59 Å². The molecule has 1 aliphatic rings. The van der Waals surface area contributed by atoms with E-state index in [9.17, 15) is 9.59 Å². The van der Waals surface area contributed by atoms with Gasteiger partial charge in [-0.05, 0) is 49.2 Å². The van der Waals surface area contributed by atoms with Crippen molar-refractivity contribution in [2.24, 2.45) is 5.92 Å². The third kappa shape index (κ3) is 8.83. The van der Waals surface area contributed by atoms with Crippen LogP contribution >= 0.6 is 12.2 Å². The van der Waals surface area contributed by atoms with Crippen LogP contribution in [0.3, 0.4) is 0 Å². The third-order valence-corrected chi connectivity index (χ3v) is 5.37. The van der Waals surface area contributed by atoms with Crippen molar-refractivity contribution in [2.45, 2.75) is 77.6 Å². The number of amides is 2. The van der Waals surface area contributed by atoms with Gasteiger partial charge in [-0.25, -0.2) is 0 Å². The topological polar surface area (TPSA) is 70.2 Å². The molecule has 154 valence electrons. The summed E-state index contributed by atoms with van der Waals surface area (Å²) in [4.78, 5) is 24.1. The van der Waals surface area contributed by atoms with Crippen molar-refractivity contribution in [1.82, 2.24) is 5.32 Å². The number of hydrogen-bond acceptors (Lipinski definition) is 3. The maximum Gasteiger partial charge on any atom is 0.226 e. The molecule has 0 spiro atoms. The molecule has 0 heterocycles. The first-order chi connectivity index (χ1) is 13.6. The fourth-order valence-electron chi connectivity index (χ4n) is 3.60. The summed E-state index contributed by atoms with van der Waals surface area (Å²) < 4.78 is 0. The monoisotopic (exact) mass is 403 g/mol. The van der Waals surface area contributed by atoms with E-state index in [1.165, 1.54) is 32.1 Å². The molecule has 2 amide bonds. The van der Waals surface area contributed by atoms with Crippen molar-refractivity contribution in [3.8, 4) is 0 Å². The molecule has 28 heavy (non-hydrogen) atoms. The molecule has 0 bridgehead atoms. The molecule has 0 radical (unpaired) electrons. The van der Waals surface area contributed by atoms with E-state index >= 15 is 0 Å². The number of thiocarbonyl (C=S) groups is 1. The molecule has 5 nitrogen and oxygen atoms in total. The lowest BCUT2D eigenvalue weighted by Gasteiger charge is -2.21. The van der Waals surface area contributed by atoms with Crippen molar-refractivity contribution in [3.05, 3.63) is 24.3 Å². The summed E-state index contributed by atoms with van der Waals surface area (Å²) >= 11 is 5.25. The highest BCUT2D eigenvalue weighted by Gasteiger charge is 2.15. The van der Waals surface area contributed by atoms with Gasteiger partial charge in [-0.3, -0.25) is 9.59 Å². The minimum atomic E-state index is -0.0385. The minimum absolute atomic E-state index is 0.0178. The van der Waals surface area contributed by atoms with Crippen LogP contribution in [0.2, 0.25) is 0 Å². The summed E-state index contributed by atoms with van der Waals surface area (Å²) in [5.41, 5.74) is 1.46. The van der Waals surface area contributed by atoms with Crippen LogP contribution in [-0.2, 0) is 9.59 Å². The molecular weight excluding hydrogens is 370 g/mol. The summed E-state index contributed by atoms with van der Waals surface area (Å²) in [5, 5.41) is 8.98. The Balaban J connectivity index is 1.73. The molecule has 0 saturated heterocycles. The summed E-state index contributed by atoms with van der Waals surface area (Å²) in [6.45, 7) is 2.12. The lowest BCUT2D eigenvalue weighted by atomic mass is 9.86. The van der Waals surface area contributed by atoms with Gasteiger partial charge in [0.05, 0.1) is 0 Å². The molecule has 0 atom stereocenters. The summed E-state index contributed by atoms with van der Waals surface area (Å²) in [6, 6.07) is 7.36. The van der Waals surface area contributed by atoms with E-state index in [0.717, 1.165) is 37.1 Å². The molecule has 1 aliphatic carbocycles. The number of nitrogens with one attached hydrogen (secondary N) is 3. The number of carbonyl (C=O) groups excluding carboxylic acids is 2. The summed E-state index contributed by atoms with van der Waals surface area (Å²) in [7, 11) is 0. The van der Waals surface area contributed by atoms with Crippen molar-refractivity contribution in [3.63, 3.8) is 0 Å². The first-order valence-electron chi connectivity index (χ1n) is 10.6. The van der Waals surface area contributed by atoms with Gasteiger partial charge >= 0.3 is 0 Å². The number of hydrogen-bond donors (Lipinski definition) is 3. The Kier molecular flexibility index (Phi) is 9.97. The fraction of sp³-hybridized carbons (Fsp3) is 0.591. The SMILES string of the molecule is CCCCCC(=O)Nc1cccc(NC(=S)NC(=O)CCC2CCCCC2)c1. The predicted molar refractivity (Wildman–Crippen MR) is 119 cm³/mol. The maximum atomic E-state index is 12.1. The van der Waals surface area contributed by atoms with E-state index in [0.29, 0.717) is 23.9 Å². The Labute approximate surface area is 174 Å². The van der Waals surface area contributed by atoms with Crippen LogP contribution in [0.5, 0.6) is 0 Å². The Hall–Kier alpha value is -1.95. The first kappa shape index (κ1) is 22.3. The van der Waals surface area contributed by atoms with Gasteiger partial charge in [-0.1, -0.05) is 57.9 Å². The molecule has 0 aliphatic heterocycles. The lowest BCUT2D eigenvalue weighted by Crippen LogP contribution is -2.34. The van der Waals surface area contributed by atoms with Crippen molar-refractivity contribution >= 4 is 40.5 Å². The highest BCUT2D eigenvalue weighted by Crippen LogP contribution is 2.27. The maximum absolute atomic E-state index is 12.1. The lowest BCUT2D eigenvalue weighted by molar-refractivity contribution is -0.120. The van der Waals surface area contributed by atoms with E-state index < -0.39 is 0 Å². The van der Waals surface area contributed by atoms with Gasteiger partial charge in [0.2, 0.25) is 11.8 Å². The molecular formula is C22H33N3O2S. The summed E-state index contributed by atoms with van der Waals surface area (Å²) in [5.74, 6) is 0.659. The number of benzene rings is 1. The quantitative estimate of drug-likeness (QED) is 0.382. The smallest absolute Gasteiger partial charge is 0.226 e. The van der Waals surface area contributed by atoms with E-state index in [1.54, 1.807) is 0 Å². The van der Waals surface area contributed by atoms with Crippen molar-refractivity contribution in [1.29, 1.82) is 0 Å². The second-order valence-corrected chi connectivity index (χ2v) is 8.04. The molecule has 6 heteroatoms. The number of anilines is 2. The van der Waals surface area contributed by atoms with Crippen LogP contribution in [0.4, 0.5) is 11.4 Å². The Morgan fingerprint density at radius 3 is 2.43 bits per heavy atom. The van der Waals surface area contributed by atoms with E-state index in [-0.39, 0.29) is 11.8 Å². The van der Waals surface area contributed by atoms with Gasteiger partial charge in [0.1, 0.15) is 0 Å². The Bertz CT molecular complexity index is 657. The Morgan fingerprint density at radius 2 is 1.71 bits per heavy atom. The van der Waals surface area contributed by atoms with Crippen LogP contribution in [0.25, 0.3) is 0 Å². The number of unbranched alkanes of at least 4 members (excludes halogenated alkanes) is 2. The first-order valence-corrected chi connectivity index (χ1v) is 11.0. The van der Waals surface area contributed by atoms with E-state index in [1.807, 2.05) is 24.3 Å². The predicted octanol–water partition coefficient (Wildman–Crippen LogP) is 5.38. The zero-order chi connectivity index (χ0) is 20.2. The average Bonchev–Trinajstić information content (AvgIpc) is 2.67. The zero-order valence-electron chi connectivity index (χ0n) is 16.9. The van der Waals surface area contributed by atoms with Gasteiger partial charge in [-0.15, -0.1) is 0 Å².